The number of imidazole rings is 1. The second kappa shape index (κ2) is 6.19. The highest BCUT2D eigenvalue weighted by molar-refractivity contribution is 7.07. The number of rotatable bonds is 6. The molecule has 0 saturated carbocycles. The minimum atomic E-state index is 0.243. The van der Waals surface area contributed by atoms with Crippen LogP contribution in [0.3, 0.4) is 0 Å². The van der Waals surface area contributed by atoms with Gasteiger partial charge in [-0.25, -0.2) is 14.5 Å². The van der Waals surface area contributed by atoms with Gasteiger partial charge >= 0.3 is 0 Å². The van der Waals surface area contributed by atoms with Gasteiger partial charge in [0.15, 0.2) is 5.65 Å². The molecule has 0 aliphatic rings. The van der Waals surface area contributed by atoms with Crippen LogP contribution in [0.2, 0.25) is 0 Å². The van der Waals surface area contributed by atoms with Gasteiger partial charge in [-0.05, 0) is 26.0 Å². The molecule has 3 rings (SSSR count). The predicted molar refractivity (Wildman–Crippen MR) is 83.7 cm³/mol. The van der Waals surface area contributed by atoms with E-state index in [9.17, 15) is 0 Å². The molecule has 1 N–H and O–H groups in total. The van der Waals surface area contributed by atoms with Crippen LogP contribution in [0.1, 0.15) is 13.8 Å². The summed E-state index contributed by atoms with van der Waals surface area (Å²) in [4.78, 5) is 8.66. The van der Waals surface area contributed by atoms with Crippen molar-refractivity contribution in [3.05, 3.63) is 29.2 Å². The topological polar surface area (TPSA) is 64.3 Å². The van der Waals surface area contributed by atoms with Crippen molar-refractivity contribution in [3.8, 4) is 11.4 Å². The normalized spacial score (nSPS) is 11.4. The third kappa shape index (κ3) is 3.20. The summed E-state index contributed by atoms with van der Waals surface area (Å²) < 4.78 is 7.31. The predicted octanol–water partition coefficient (Wildman–Crippen LogP) is 2.69. The first-order valence-corrected chi connectivity index (χ1v) is 7.77. The Bertz CT molecular complexity index is 707. The van der Waals surface area contributed by atoms with E-state index in [0.29, 0.717) is 6.61 Å². The lowest BCUT2D eigenvalue weighted by Crippen LogP contribution is -2.14. The highest BCUT2D eigenvalue weighted by Crippen LogP contribution is 2.20. The summed E-state index contributed by atoms with van der Waals surface area (Å²) in [6.07, 6.45) is 2.04. The fraction of sp³-hybridized carbons (Fsp3) is 0.357. The molecule has 0 fully saturated rings. The highest BCUT2D eigenvalue weighted by Gasteiger charge is 2.09. The number of hydrogen-bond acceptors (Lipinski definition) is 6. The Hall–Kier alpha value is -1.99. The molecule has 3 aromatic rings. The van der Waals surface area contributed by atoms with Crippen LogP contribution in [0.15, 0.2) is 29.2 Å². The Balaban J connectivity index is 1.77. The summed E-state index contributed by atoms with van der Waals surface area (Å²) in [6, 6.07) is 3.86. The van der Waals surface area contributed by atoms with Crippen LogP contribution in [0, 0.1) is 0 Å². The van der Waals surface area contributed by atoms with E-state index >= 15 is 0 Å². The van der Waals surface area contributed by atoms with Crippen molar-refractivity contribution >= 4 is 22.8 Å². The SMILES string of the molecule is CC(C)OCCNc1ccc2ncc(-c3cscn3)n2n1. The summed E-state index contributed by atoms with van der Waals surface area (Å²) in [5.41, 5.74) is 4.40. The molecule has 6 nitrogen and oxygen atoms in total. The minimum absolute atomic E-state index is 0.243. The third-order valence-electron chi connectivity index (χ3n) is 2.92. The van der Waals surface area contributed by atoms with Crippen LogP contribution in [0.5, 0.6) is 0 Å². The number of aromatic nitrogens is 4. The Morgan fingerprint density at radius 2 is 2.24 bits per heavy atom. The fourth-order valence-electron chi connectivity index (χ4n) is 1.96. The molecule has 0 amide bonds. The summed E-state index contributed by atoms with van der Waals surface area (Å²) >= 11 is 1.56. The first-order chi connectivity index (χ1) is 10.2. The van der Waals surface area contributed by atoms with Crippen molar-refractivity contribution in [3.63, 3.8) is 0 Å². The van der Waals surface area contributed by atoms with Gasteiger partial charge in [0.1, 0.15) is 17.2 Å². The van der Waals surface area contributed by atoms with Crippen LogP contribution in [-0.4, -0.2) is 38.8 Å². The molecule has 0 atom stereocenters. The van der Waals surface area contributed by atoms with Gasteiger partial charge in [-0.3, -0.25) is 0 Å². The molecule has 21 heavy (non-hydrogen) atoms. The number of nitrogens with zero attached hydrogens (tertiary/aromatic N) is 4. The van der Waals surface area contributed by atoms with E-state index in [4.69, 9.17) is 4.74 Å². The Kier molecular flexibility index (Phi) is 4.12. The van der Waals surface area contributed by atoms with Gasteiger partial charge < -0.3 is 10.1 Å². The van der Waals surface area contributed by atoms with Crippen LogP contribution in [0.4, 0.5) is 5.82 Å². The lowest BCUT2D eigenvalue weighted by atomic mass is 10.4. The molecule has 0 spiro atoms. The van der Waals surface area contributed by atoms with Gasteiger partial charge in [-0.2, -0.15) is 0 Å². The molecule has 0 saturated heterocycles. The highest BCUT2D eigenvalue weighted by atomic mass is 32.1. The van der Waals surface area contributed by atoms with Crippen molar-refractivity contribution in [1.82, 2.24) is 19.6 Å². The van der Waals surface area contributed by atoms with E-state index in [1.54, 1.807) is 27.6 Å². The van der Waals surface area contributed by atoms with E-state index in [1.165, 1.54) is 0 Å². The fourth-order valence-corrected chi connectivity index (χ4v) is 2.50. The first kappa shape index (κ1) is 14.0. The zero-order valence-corrected chi connectivity index (χ0v) is 12.8. The van der Waals surface area contributed by atoms with Crippen LogP contribution in [-0.2, 0) is 4.74 Å². The second-order valence-corrected chi connectivity index (χ2v) is 5.57. The summed E-state index contributed by atoms with van der Waals surface area (Å²) in [5, 5.41) is 9.80. The molecule has 0 bridgehead atoms. The number of anilines is 1. The Morgan fingerprint density at radius 1 is 1.33 bits per heavy atom. The maximum absolute atomic E-state index is 5.50. The first-order valence-electron chi connectivity index (χ1n) is 6.83. The van der Waals surface area contributed by atoms with E-state index < -0.39 is 0 Å². The van der Waals surface area contributed by atoms with Gasteiger partial charge in [0, 0.05) is 11.9 Å². The summed E-state index contributed by atoms with van der Waals surface area (Å²) in [5.74, 6) is 0.796. The maximum Gasteiger partial charge on any atom is 0.154 e. The minimum Gasteiger partial charge on any atom is -0.377 e. The number of nitrogens with one attached hydrogen (secondary N) is 1. The molecule has 0 radical (unpaired) electrons. The molecule has 3 heterocycles. The summed E-state index contributed by atoms with van der Waals surface area (Å²) in [6.45, 7) is 5.42. The Labute approximate surface area is 126 Å². The molecule has 3 aromatic heterocycles. The van der Waals surface area contributed by atoms with Crippen molar-refractivity contribution in [1.29, 1.82) is 0 Å². The molecule has 0 aliphatic heterocycles. The van der Waals surface area contributed by atoms with Crippen LogP contribution in [0.25, 0.3) is 17.0 Å². The van der Waals surface area contributed by atoms with Gasteiger partial charge in [0.2, 0.25) is 0 Å². The molecule has 0 unspecified atom stereocenters. The standard InChI is InChI=1S/C14H17N5OS/c1-10(2)20-6-5-15-13-3-4-14-16-7-12(19(14)18-13)11-8-21-9-17-11/h3-4,7-10H,5-6H2,1-2H3,(H,15,18). The zero-order valence-electron chi connectivity index (χ0n) is 12.0. The van der Waals surface area contributed by atoms with E-state index in [0.717, 1.165) is 29.4 Å². The Morgan fingerprint density at radius 3 is 3.00 bits per heavy atom. The molecule has 0 aliphatic carbocycles. The number of thiazole rings is 1. The average molecular weight is 303 g/mol. The average Bonchev–Trinajstić information content (AvgIpc) is 3.11. The van der Waals surface area contributed by atoms with Crippen molar-refractivity contribution in [2.75, 3.05) is 18.5 Å². The van der Waals surface area contributed by atoms with Crippen molar-refractivity contribution in [2.24, 2.45) is 0 Å². The monoisotopic (exact) mass is 303 g/mol. The molecule has 110 valence electrons. The smallest absolute Gasteiger partial charge is 0.154 e. The quantitative estimate of drug-likeness (QED) is 0.709. The van der Waals surface area contributed by atoms with Gasteiger partial charge in [0.05, 0.1) is 24.4 Å². The molecular formula is C14H17N5OS. The van der Waals surface area contributed by atoms with Gasteiger partial charge in [-0.1, -0.05) is 0 Å². The van der Waals surface area contributed by atoms with E-state index in [2.05, 4.69) is 20.4 Å². The zero-order chi connectivity index (χ0) is 14.7. The largest absolute Gasteiger partial charge is 0.377 e. The number of fused-ring (bicyclic) bond motifs is 1. The van der Waals surface area contributed by atoms with E-state index in [1.807, 2.05) is 31.4 Å². The van der Waals surface area contributed by atoms with Crippen molar-refractivity contribution in [2.45, 2.75) is 20.0 Å². The lowest BCUT2D eigenvalue weighted by molar-refractivity contribution is 0.0870. The molecule has 0 aromatic carbocycles. The van der Waals surface area contributed by atoms with E-state index in [-0.39, 0.29) is 6.10 Å². The molecule has 7 heteroatoms. The number of hydrogen-bond donors (Lipinski definition) is 1. The van der Waals surface area contributed by atoms with Gasteiger partial charge in [0.25, 0.3) is 0 Å². The maximum atomic E-state index is 5.50. The lowest BCUT2D eigenvalue weighted by Gasteiger charge is -2.09. The second-order valence-electron chi connectivity index (χ2n) is 4.85. The third-order valence-corrected chi connectivity index (χ3v) is 3.50. The number of ether oxygens (including phenoxy) is 1. The van der Waals surface area contributed by atoms with Gasteiger partial charge in [-0.15, -0.1) is 16.4 Å². The van der Waals surface area contributed by atoms with Crippen LogP contribution < -0.4 is 5.32 Å². The molecular weight excluding hydrogens is 286 g/mol. The van der Waals surface area contributed by atoms with Crippen LogP contribution >= 0.6 is 11.3 Å². The van der Waals surface area contributed by atoms with Crippen molar-refractivity contribution < 1.29 is 4.74 Å². The summed E-state index contributed by atoms with van der Waals surface area (Å²) in [7, 11) is 0.